The molecule has 0 radical (unpaired) electrons. The van der Waals surface area contributed by atoms with Gasteiger partial charge in [0, 0.05) is 18.8 Å². The molecule has 1 aliphatic heterocycles. The van der Waals surface area contributed by atoms with Crippen LogP contribution in [0.5, 0.6) is 0 Å². The largest absolute Gasteiger partial charge is 0.390 e. The molecule has 1 atom stereocenters. The molecule has 0 spiro atoms. The van der Waals surface area contributed by atoms with Crippen LogP contribution >= 0.6 is 0 Å². The molecule has 1 aromatic rings. The van der Waals surface area contributed by atoms with Crippen molar-refractivity contribution in [1.29, 1.82) is 5.26 Å². The summed E-state index contributed by atoms with van der Waals surface area (Å²) >= 11 is 0. The first kappa shape index (κ1) is 13.8. The number of hydrogen-bond donors (Lipinski definition) is 1. The van der Waals surface area contributed by atoms with Crippen LogP contribution in [-0.2, 0) is 0 Å². The van der Waals surface area contributed by atoms with Crippen molar-refractivity contribution >= 4 is 5.82 Å². The van der Waals surface area contributed by atoms with Gasteiger partial charge in [-0.15, -0.1) is 0 Å². The van der Waals surface area contributed by atoms with E-state index < -0.39 is 5.60 Å². The van der Waals surface area contributed by atoms with E-state index in [2.05, 4.69) is 16.0 Å². The zero-order valence-corrected chi connectivity index (χ0v) is 11.9. The Balaban J connectivity index is 2.34. The van der Waals surface area contributed by atoms with Gasteiger partial charge in [0.05, 0.1) is 11.2 Å². The summed E-state index contributed by atoms with van der Waals surface area (Å²) in [6.07, 6.45) is 2.44. The van der Waals surface area contributed by atoms with Gasteiger partial charge in [0.2, 0.25) is 0 Å². The second kappa shape index (κ2) is 5.18. The third-order valence-corrected chi connectivity index (χ3v) is 3.80. The topological polar surface area (TPSA) is 60.2 Å². The third kappa shape index (κ3) is 3.05. The van der Waals surface area contributed by atoms with Crippen LogP contribution in [0.4, 0.5) is 5.82 Å². The molecule has 4 heteroatoms. The van der Waals surface area contributed by atoms with Crippen molar-refractivity contribution in [2.75, 3.05) is 18.0 Å². The molecule has 2 heterocycles. The van der Waals surface area contributed by atoms with Crippen LogP contribution in [0, 0.1) is 25.2 Å². The average Bonchev–Trinajstić information content (AvgIpc) is 2.49. The van der Waals surface area contributed by atoms with E-state index in [-0.39, 0.29) is 0 Å². The molecule has 102 valence electrons. The summed E-state index contributed by atoms with van der Waals surface area (Å²) in [6.45, 7) is 7.38. The Kier molecular flexibility index (Phi) is 3.77. The molecular weight excluding hydrogens is 238 g/mol. The van der Waals surface area contributed by atoms with Gasteiger partial charge in [-0.3, -0.25) is 0 Å². The maximum atomic E-state index is 10.1. The number of nitriles is 1. The quantitative estimate of drug-likeness (QED) is 0.840. The van der Waals surface area contributed by atoms with Crippen LogP contribution in [0.15, 0.2) is 6.07 Å². The number of pyridine rings is 1. The van der Waals surface area contributed by atoms with E-state index in [1.807, 2.05) is 26.8 Å². The minimum atomic E-state index is -0.597. The Hall–Kier alpha value is -1.60. The molecule has 0 saturated carbocycles. The fraction of sp³-hybridized carbons (Fsp3) is 0.600. The normalized spacial score (nSPS) is 23.8. The Bertz CT molecular complexity index is 517. The van der Waals surface area contributed by atoms with Crippen molar-refractivity contribution in [1.82, 2.24) is 4.98 Å². The monoisotopic (exact) mass is 259 g/mol. The molecule has 19 heavy (non-hydrogen) atoms. The number of hydrogen-bond acceptors (Lipinski definition) is 4. The van der Waals surface area contributed by atoms with Crippen LogP contribution in [-0.4, -0.2) is 28.8 Å². The minimum Gasteiger partial charge on any atom is -0.390 e. The van der Waals surface area contributed by atoms with Gasteiger partial charge in [-0.1, -0.05) is 0 Å². The molecule has 1 aromatic heterocycles. The van der Waals surface area contributed by atoms with E-state index in [0.29, 0.717) is 12.0 Å². The molecule has 1 fully saturated rings. The van der Waals surface area contributed by atoms with Gasteiger partial charge in [0.15, 0.2) is 0 Å². The fourth-order valence-electron chi connectivity index (χ4n) is 2.66. The molecule has 1 aliphatic rings. The van der Waals surface area contributed by atoms with Gasteiger partial charge in [0.25, 0.3) is 0 Å². The smallest absolute Gasteiger partial charge is 0.147 e. The van der Waals surface area contributed by atoms with Crippen LogP contribution in [0.25, 0.3) is 0 Å². The zero-order chi connectivity index (χ0) is 14.0. The summed E-state index contributed by atoms with van der Waals surface area (Å²) in [5.41, 5.74) is 1.97. The van der Waals surface area contributed by atoms with Crippen molar-refractivity contribution in [2.45, 2.75) is 45.6 Å². The SMILES string of the molecule is Cc1cc(C)c(C#N)c(N2CCCC(C)(O)CC2)n1. The minimum absolute atomic E-state index is 0.597. The van der Waals surface area contributed by atoms with Crippen molar-refractivity contribution in [3.63, 3.8) is 0 Å². The van der Waals surface area contributed by atoms with Gasteiger partial charge < -0.3 is 10.0 Å². The van der Waals surface area contributed by atoms with Gasteiger partial charge in [-0.05, 0) is 51.7 Å². The predicted octanol–water partition coefficient (Wildman–Crippen LogP) is 2.31. The van der Waals surface area contributed by atoms with Gasteiger partial charge >= 0.3 is 0 Å². The maximum absolute atomic E-state index is 10.1. The molecule has 0 aliphatic carbocycles. The molecule has 0 amide bonds. The lowest BCUT2D eigenvalue weighted by molar-refractivity contribution is 0.0481. The first-order chi connectivity index (χ1) is 8.93. The summed E-state index contributed by atoms with van der Waals surface area (Å²) in [5.74, 6) is 0.776. The standard InChI is InChI=1S/C15H21N3O/c1-11-9-12(2)17-14(13(11)10-16)18-7-4-5-15(3,19)6-8-18/h9,19H,4-8H2,1-3H3. The lowest BCUT2D eigenvalue weighted by atomic mass is 9.98. The Morgan fingerprint density at radius 1 is 1.37 bits per heavy atom. The second-order valence-corrected chi connectivity index (χ2v) is 5.73. The van der Waals surface area contributed by atoms with E-state index >= 15 is 0 Å². The highest BCUT2D eigenvalue weighted by Crippen LogP contribution is 2.27. The summed E-state index contributed by atoms with van der Waals surface area (Å²) in [6, 6.07) is 4.20. The Morgan fingerprint density at radius 2 is 2.11 bits per heavy atom. The number of aliphatic hydroxyl groups is 1. The summed E-state index contributed by atoms with van der Waals surface area (Å²) in [5, 5.41) is 19.5. The first-order valence-electron chi connectivity index (χ1n) is 6.78. The van der Waals surface area contributed by atoms with E-state index in [1.54, 1.807) is 0 Å². The highest BCUT2D eigenvalue weighted by molar-refractivity contribution is 5.58. The molecule has 4 nitrogen and oxygen atoms in total. The van der Waals surface area contributed by atoms with Crippen molar-refractivity contribution in [3.8, 4) is 6.07 Å². The third-order valence-electron chi connectivity index (χ3n) is 3.80. The van der Waals surface area contributed by atoms with E-state index in [0.717, 1.165) is 43.0 Å². The molecule has 1 saturated heterocycles. The molecule has 1 unspecified atom stereocenters. The van der Waals surface area contributed by atoms with Gasteiger partial charge in [0.1, 0.15) is 11.9 Å². The van der Waals surface area contributed by atoms with E-state index in [1.165, 1.54) is 0 Å². The molecular formula is C15H21N3O. The predicted molar refractivity (Wildman–Crippen MR) is 75.1 cm³/mol. The highest BCUT2D eigenvalue weighted by Gasteiger charge is 2.26. The summed E-state index contributed by atoms with van der Waals surface area (Å²) in [7, 11) is 0. The molecule has 0 bridgehead atoms. The Morgan fingerprint density at radius 3 is 2.79 bits per heavy atom. The summed E-state index contributed by atoms with van der Waals surface area (Å²) in [4.78, 5) is 6.68. The Labute approximate surface area is 114 Å². The van der Waals surface area contributed by atoms with E-state index in [9.17, 15) is 10.4 Å². The fourth-order valence-corrected chi connectivity index (χ4v) is 2.66. The van der Waals surface area contributed by atoms with Gasteiger partial charge in [-0.2, -0.15) is 5.26 Å². The lowest BCUT2D eigenvalue weighted by Gasteiger charge is -2.25. The van der Waals surface area contributed by atoms with Gasteiger partial charge in [-0.25, -0.2) is 4.98 Å². The van der Waals surface area contributed by atoms with Crippen LogP contribution in [0.2, 0.25) is 0 Å². The number of aromatic nitrogens is 1. The molecule has 0 aromatic carbocycles. The zero-order valence-electron chi connectivity index (χ0n) is 11.9. The number of nitrogens with zero attached hydrogens (tertiary/aromatic N) is 3. The number of aryl methyl sites for hydroxylation is 2. The number of rotatable bonds is 1. The number of anilines is 1. The first-order valence-corrected chi connectivity index (χ1v) is 6.78. The lowest BCUT2D eigenvalue weighted by Crippen LogP contribution is -2.29. The molecule has 1 N–H and O–H groups in total. The van der Waals surface area contributed by atoms with Crippen LogP contribution in [0.1, 0.15) is 43.0 Å². The van der Waals surface area contributed by atoms with Crippen LogP contribution in [0.3, 0.4) is 0 Å². The molecule has 2 rings (SSSR count). The van der Waals surface area contributed by atoms with Crippen molar-refractivity contribution in [2.24, 2.45) is 0 Å². The maximum Gasteiger partial charge on any atom is 0.147 e. The average molecular weight is 259 g/mol. The highest BCUT2D eigenvalue weighted by atomic mass is 16.3. The van der Waals surface area contributed by atoms with Crippen molar-refractivity contribution in [3.05, 3.63) is 22.9 Å². The van der Waals surface area contributed by atoms with E-state index in [4.69, 9.17) is 0 Å². The van der Waals surface area contributed by atoms with Crippen molar-refractivity contribution < 1.29 is 5.11 Å². The second-order valence-electron chi connectivity index (χ2n) is 5.73. The van der Waals surface area contributed by atoms with Crippen LogP contribution < -0.4 is 4.90 Å². The summed E-state index contributed by atoms with van der Waals surface area (Å²) < 4.78 is 0.